The number of alkyl halides is 2. The third-order valence-corrected chi connectivity index (χ3v) is 6.71. The summed E-state index contributed by atoms with van der Waals surface area (Å²) in [4.78, 5) is 31.1. The fraction of sp³-hybridized carbons (Fsp3) is 0.261. The van der Waals surface area contributed by atoms with E-state index in [0.29, 0.717) is 39.1 Å². The predicted molar refractivity (Wildman–Crippen MR) is 122 cm³/mol. The largest absolute Gasteiger partial charge is 0.366 e. The minimum Gasteiger partial charge on any atom is -0.366 e. The van der Waals surface area contributed by atoms with Crippen molar-refractivity contribution in [1.29, 1.82) is 0 Å². The number of nitrogens with one attached hydrogen (secondary N) is 2. The van der Waals surface area contributed by atoms with Gasteiger partial charge in [-0.2, -0.15) is 0 Å². The van der Waals surface area contributed by atoms with Crippen molar-refractivity contribution in [2.24, 2.45) is 0 Å². The Kier molecular flexibility index (Phi) is 4.41. The second kappa shape index (κ2) is 7.17. The number of amides is 1. The van der Waals surface area contributed by atoms with E-state index < -0.39 is 17.4 Å². The van der Waals surface area contributed by atoms with Crippen LogP contribution >= 0.6 is 11.6 Å². The van der Waals surface area contributed by atoms with E-state index in [1.807, 2.05) is 0 Å². The standard InChI is InChI=1S/C23H18ClF2N7O/c1-22(12-2-4-13(24)5-3-12)17-19(29-14-8-23(25,26)9-14)30-18(31-20(17)32-21(22)34)15-11-33-7-6-27-16(33)10-28-15/h2-7,10-11,14H,8-9H2,1H3,(H2,29,30,31,32,34). The molecule has 1 saturated carbocycles. The fourth-order valence-electron chi connectivity index (χ4n) is 4.55. The number of hydrogen-bond donors (Lipinski definition) is 2. The summed E-state index contributed by atoms with van der Waals surface area (Å²) < 4.78 is 28.9. The van der Waals surface area contributed by atoms with Gasteiger partial charge in [0.1, 0.15) is 22.7 Å². The number of hydrogen-bond acceptors (Lipinski definition) is 6. The van der Waals surface area contributed by atoms with Crippen LogP contribution in [0.15, 0.2) is 49.1 Å². The summed E-state index contributed by atoms with van der Waals surface area (Å²) in [5.41, 5.74) is 1.15. The first-order valence-electron chi connectivity index (χ1n) is 10.7. The number of aromatic nitrogens is 5. The van der Waals surface area contributed by atoms with Gasteiger partial charge < -0.3 is 15.0 Å². The smallest absolute Gasteiger partial charge is 0.252 e. The highest BCUT2D eigenvalue weighted by Gasteiger charge is 2.50. The molecule has 0 spiro atoms. The van der Waals surface area contributed by atoms with Crippen LogP contribution in [0.4, 0.5) is 20.4 Å². The maximum atomic E-state index is 13.6. The quantitative estimate of drug-likeness (QED) is 0.451. The molecule has 172 valence electrons. The van der Waals surface area contributed by atoms with Gasteiger partial charge in [-0.1, -0.05) is 23.7 Å². The highest BCUT2D eigenvalue weighted by molar-refractivity contribution is 6.30. The maximum absolute atomic E-state index is 13.6. The van der Waals surface area contributed by atoms with Gasteiger partial charge in [0.05, 0.1) is 11.8 Å². The van der Waals surface area contributed by atoms with Crippen LogP contribution in [-0.4, -0.2) is 42.2 Å². The van der Waals surface area contributed by atoms with Crippen LogP contribution in [0, 0.1) is 0 Å². The van der Waals surface area contributed by atoms with Crippen LogP contribution in [0.25, 0.3) is 17.2 Å². The molecule has 6 rings (SSSR count). The Hall–Kier alpha value is -3.66. The van der Waals surface area contributed by atoms with Crippen molar-refractivity contribution in [3.63, 3.8) is 0 Å². The molecule has 0 saturated heterocycles. The zero-order valence-corrected chi connectivity index (χ0v) is 18.6. The summed E-state index contributed by atoms with van der Waals surface area (Å²) in [7, 11) is 0. The average molecular weight is 482 g/mol. The molecule has 1 unspecified atom stereocenters. The van der Waals surface area contributed by atoms with Crippen LogP contribution in [0.2, 0.25) is 5.02 Å². The predicted octanol–water partition coefficient (Wildman–Crippen LogP) is 4.31. The molecular weight excluding hydrogens is 464 g/mol. The lowest BCUT2D eigenvalue weighted by molar-refractivity contribution is -0.119. The monoisotopic (exact) mass is 481 g/mol. The zero-order valence-electron chi connectivity index (χ0n) is 17.9. The van der Waals surface area contributed by atoms with Crippen LogP contribution in [-0.2, 0) is 10.2 Å². The molecule has 3 aromatic heterocycles. The Balaban J connectivity index is 1.50. The third kappa shape index (κ3) is 3.20. The van der Waals surface area contributed by atoms with E-state index in [2.05, 4.69) is 30.6 Å². The van der Waals surface area contributed by atoms with Gasteiger partial charge in [0.2, 0.25) is 5.91 Å². The molecule has 11 heteroatoms. The highest BCUT2D eigenvalue weighted by Crippen LogP contribution is 2.47. The Morgan fingerprint density at radius 1 is 1.18 bits per heavy atom. The molecule has 4 heterocycles. The zero-order chi connectivity index (χ0) is 23.7. The summed E-state index contributed by atoms with van der Waals surface area (Å²) in [6.45, 7) is 1.76. The number of carbonyl (C=O) groups is 1. The molecule has 4 aromatic rings. The molecule has 1 aliphatic carbocycles. The lowest BCUT2D eigenvalue weighted by Gasteiger charge is -2.36. The van der Waals surface area contributed by atoms with Crippen LogP contribution in [0.3, 0.4) is 0 Å². The highest BCUT2D eigenvalue weighted by atomic mass is 35.5. The van der Waals surface area contributed by atoms with E-state index in [0.717, 1.165) is 0 Å². The average Bonchev–Trinajstić information content (AvgIpc) is 3.35. The molecule has 1 aliphatic heterocycles. The molecule has 1 atom stereocenters. The van der Waals surface area contributed by atoms with Crippen molar-refractivity contribution in [3.8, 4) is 11.5 Å². The minimum atomic E-state index is -2.71. The van der Waals surface area contributed by atoms with Gasteiger partial charge >= 0.3 is 0 Å². The number of benzene rings is 1. The van der Waals surface area contributed by atoms with Crippen LogP contribution in [0.5, 0.6) is 0 Å². The first-order chi connectivity index (χ1) is 16.2. The molecule has 0 bridgehead atoms. The maximum Gasteiger partial charge on any atom is 0.252 e. The van der Waals surface area contributed by atoms with Gasteiger partial charge in [-0.15, -0.1) is 0 Å². The molecule has 34 heavy (non-hydrogen) atoms. The van der Waals surface area contributed by atoms with E-state index in [-0.39, 0.29) is 24.6 Å². The molecule has 0 radical (unpaired) electrons. The molecule has 8 nitrogen and oxygen atoms in total. The molecule has 1 amide bonds. The van der Waals surface area contributed by atoms with E-state index in [4.69, 9.17) is 11.6 Å². The summed E-state index contributed by atoms with van der Waals surface area (Å²) in [5, 5.41) is 6.52. The summed E-state index contributed by atoms with van der Waals surface area (Å²) in [6, 6.07) is 6.46. The second-order valence-electron chi connectivity index (χ2n) is 8.78. The van der Waals surface area contributed by atoms with Gasteiger partial charge in [-0.05, 0) is 24.6 Å². The summed E-state index contributed by atoms with van der Waals surface area (Å²) in [6.07, 6.45) is 6.11. The molecule has 1 aromatic carbocycles. The molecule has 2 aliphatic rings. The van der Waals surface area contributed by atoms with E-state index in [1.54, 1.807) is 60.4 Å². The number of halogens is 3. The number of imidazole rings is 1. The van der Waals surface area contributed by atoms with E-state index >= 15 is 0 Å². The van der Waals surface area contributed by atoms with Crippen molar-refractivity contribution in [1.82, 2.24) is 24.3 Å². The second-order valence-corrected chi connectivity index (χ2v) is 9.21. The Morgan fingerprint density at radius 3 is 2.68 bits per heavy atom. The number of fused-ring (bicyclic) bond motifs is 2. The first kappa shape index (κ1) is 20.9. The Labute approximate surface area is 197 Å². The minimum absolute atomic E-state index is 0.253. The number of nitrogens with zero attached hydrogens (tertiary/aromatic N) is 5. The van der Waals surface area contributed by atoms with E-state index in [9.17, 15) is 13.6 Å². The van der Waals surface area contributed by atoms with Crippen LogP contribution in [0.1, 0.15) is 30.9 Å². The molecule has 1 fully saturated rings. The number of carbonyl (C=O) groups excluding carboxylic acids is 1. The molecular formula is C23H18ClF2N7O. The van der Waals surface area contributed by atoms with Crippen molar-refractivity contribution in [2.75, 3.05) is 10.6 Å². The van der Waals surface area contributed by atoms with Crippen molar-refractivity contribution >= 4 is 34.8 Å². The summed E-state index contributed by atoms with van der Waals surface area (Å²) >= 11 is 6.05. The third-order valence-electron chi connectivity index (χ3n) is 6.46. The summed E-state index contributed by atoms with van der Waals surface area (Å²) in [5.74, 6) is -2.12. The van der Waals surface area contributed by atoms with Gasteiger partial charge in [0.15, 0.2) is 11.5 Å². The number of rotatable bonds is 4. The molecule has 2 N–H and O–H groups in total. The fourth-order valence-corrected chi connectivity index (χ4v) is 4.67. The lowest BCUT2D eigenvalue weighted by atomic mass is 9.77. The SMILES string of the molecule is CC1(c2ccc(Cl)cc2)C(=O)Nc2nc(-c3cn4ccnc4cn3)nc(NC3CC(F)(F)C3)c21. The lowest BCUT2D eigenvalue weighted by Crippen LogP contribution is -2.45. The van der Waals surface area contributed by atoms with Crippen LogP contribution < -0.4 is 10.6 Å². The Morgan fingerprint density at radius 2 is 1.94 bits per heavy atom. The number of anilines is 2. The normalized spacial score (nSPS) is 21.2. The topological polar surface area (TPSA) is 97.1 Å². The van der Waals surface area contributed by atoms with E-state index in [1.165, 1.54) is 0 Å². The van der Waals surface area contributed by atoms with Crippen molar-refractivity contribution < 1.29 is 13.6 Å². The van der Waals surface area contributed by atoms with Crippen molar-refractivity contribution in [2.45, 2.75) is 37.1 Å². The van der Waals surface area contributed by atoms with Gasteiger partial charge in [-0.3, -0.25) is 4.79 Å². The van der Waals surface area contributed by atoms with Gasteiger partial charge in [-0.25, -0.2) is 28.7 Å². The van der Waals surface area contributed by atoms with Gasteiger partial charge in [0, 0.05) is 42.5 Å². The first-order valence-corrected chi connectivity index (χ1v) is 11.0. The van der Waals surface area contributed by atoms with Gasteiger partial charge in [0.25, 0.3) is 5.92 Å². The van der Waals surface area contributed by atoms with Crippen molar-refractivity contribution in [3.05, 3.63) is 65.2 Å². The Bertz CT molecular complexity index is 1450.